The van der Waals surface area contributed by atoms with Crippen molar-refractivity contribution < 1.29 is 12.6 Å². The Kier molecular flexibility index (Phi) is 2.93. The van der Waals surface area contributed by atoms with Crippen LogP contribution in [0, 0.1) is 0 Å². The number of hydrogen-bond acceptors (Lipinski definition) is 4. The minimum Gasteiger partial charge on any atom is -0.341 e. The summed E-state index contributed by atoms with van der Waals surface area (Å²) >= 11 is 0. The Labute approximate surface area is 144 Å². The predicted molar refractivity (Wildman–Crippen MR) is 95.3 cm³/mol. The van der Waals surface area contributed by atoms with Crippen LogP contribution in [0.5, 0.6) is 6.01 Å². The number of H-pyrrole nitrogens is 1. The summed E-state index contributed by atoms with van der Waals surface area (Å²) in [6.07, 6.45) is 1.89. The topological polar surface area (TPSA) is 72.1 Å². The van der Waals surface area contributed by atoms with Gasteiger partial charge in [-0.2, -0.15) is 13.4 Å². The second-order valence-corrected chi connectivity index (χ2v) is 7.67. The number of aryl methyl sites for hydroxylation is 2. The van der Waals surface area contributed by atoms with E-state index in [0.29, 0.717) is 10.9 Å². The zero-order valence-electron chi connectivity index (χ0n) is 13.2. The van der Waals surface area contributed by atoms with Crippen LogP contribution >= 0.6 is 0 Å². The number of benzene rings is 3. The Morgan fingerprint density at radius 3 is 2.56 bits per heavy atom. The summed E-state index contributed by atoms with van der Waals surface area (Å²) in [7, 11) is -3.99. The van der Waals surface area contributed by atoms with Gasteiger partial charge in [-0.1, -0.05) is 36.4 Å². The van der Waals surface area contributed by atoms with Gasteiger partial charge in [-0.05, 0) is 47.6 Å². The van der Waals surface area contributed by atoms with Gasteiger partial charge >= 0.3 is 16.1 Å². The smallest absolute Gasteiger partial charge is 0.341 e. The van der Waals surface area contributed by atoms with Gasteiger partial charge < -0.3 is 9.17 Å². The van der Waals surface area contributed by atoms with Crippen LogP contribution in [0.3, 0.4) is 0 Å². The number of aromatic nitrogens is 2. The SMILES string of the molecule is O=S(=O)(Oc1nc2ccccc2[nH]1)c1ccc2c3c(cccc13)CC2. The number of nitrogens with zero attached hydrogens (tertiary/aromatic N) is 1. The first-order chi connectivity index (χ1) is 12.1. The highest BCUT2D eigenvalue weighted by molar-refractivity contribution is 7.87. The quantitative estimate of drug-likeness (QED) is 0.573. The van der Waals surface area contributed by atoms with Crippen LogP contribution in [0.1, 0.15) is 11.1 Å². The van der Waals surface area contributed by atoms with Crippen molar-refractivity contribution in [1.29, 1.82) is 0 Å². The minimum atomic E-state index is -3.99. The highest BCUT2D eigenvalue weighted by atomic mass is 32.2. The van der Waals surface area contributed by atoms with E-state index in [4.69, 9.17) is 4.18 Å². The van der Waals surface area contributed by atoms with E-state index in [9.17, 15) is 8.42 Å². The largest absolute Gasteiger partial charge is 0.342 e. The molecule has 1 aromatic heterocycles. The second kappa shape index (κ2) is 5.07. The van der Waals surface area contributed by atoms with Gasteiger partial charge in [0.1, 0.15) is 4.90 Å². The van der Waals surface area contributed by atoms with E-state index in [1.165, 1.54) is 11.1 Å². The fourth-order valence-corrected chi connectivity index (χ4v) is 4.61. The van der Waals surface area contributed by atoms with Gasteiger partial charge in [0.2, 0.25) is 0 Å². The highest BCUT2D eigenvalue weighted by Crippen LogP contribution is 2.35. The van der Waals surface area contributed by atoms with Crippen molar-refractivity contribution in [2.45, 2.75) is 17.7 Å². The first-order valence-electron chi connectivity index (χ1n) is 8.04. The maximum Gasteiger partial charge on any atom is 0.342 e. The maximum atomic E-state index is 12.9. The van der Waals surface area contributed by atoms with E-state index >= 15 is 0 Å². The van der Waals surface area contributed by atoms with Gasteiger partial charge in [0.25, 0.3) is 0 Å². The molecule has 0 aliphatic heterocycles. The summed E-state index contributed by atoms with van der Waals surface area (Å²) in [5, 5.41) is 1.75. The predicted octanol–water partition coefficient (Wildman–Crippen LogP) is 3.58. The molecule has 5 rings (SSSR count). The van der Waals surface area contributed by atoms with Crippen molar-refractivity contribution in [3.05, 3.63) is 65.7 Å². The van der Waals surface area contributed by atoms with Crippen LogP contribution < -0.4 is 4.18 Å². The lowest BCUT2D eigenvalue weighted by Gasteiger charge is -2.09. The molecule has 1 heterocycles. The van der Waals surface area contributed by atoms with Crippen LogP contribution in [0.25, 0.3) is 21.8 Å². The van der Waals surface area contributed by atoms with E-state index in [0.717, 1.165) is 23.7 Å². The van der Waals surface area contributed by atoms with Crippen molar-refractivity contribution in [2.24, 2.45) is 0 Å². The third-order valence-corrected chi connectivity index (χ3v) is 5.93. The molecule has 0 saturated carbocycles. The maximum absolute atomic E-state index is 12.9. The van der Waals surface area contributed by atoms with E-state index in [1.807, 2.05) is 36.4 Å². The highest BCUT2D eigenvalue weighted by Gasteiger charge is 2.25. The summed E-state index contributed by atoms with van der Waals surface area (Å²) in [5.74, 6) is 0. The van der Waals surface area contributed by atoms with Gasteiger partial charge in [0, 0.05) is 5.39 Å². The lowest BCUT2D eigenvalue weighted by Crippen LogP contribution is -2.11. The molecule has 1 N–H and O–H groups in total. The second-order valence-electron chi connectivity index (χ2n) is 6.16. The first kappa shape index (κ1) is 14.5. The number of aromatic amines is 1. The van der Waals surface area contributed by atoms with Gasteiger partial charge in [0.05, 0.1) is 11.0 Å². The van der Waals surface area contributed by atoms with E-state index in [1.54, 1.807) is 12.1 Å². The third kappa shape index (κ3) is 2.21. The minimum absolute atomic E-state index is 0.0237. The molecule has 0 spiro atoms. The number of rotatable bonds is 3. The molecule has 4 aromatic rings. The molecule has 1 aliphatic rings. The van der Waals surface area contributed by atoms with Crippen molar-refractivity contribution in [1.82, 2.24) is 9.97 Å². The Morgan fingerprint density at radius 2 is 1.72 bits per heavy atom. The molecule has 0 unspecified atom stereocenters. The number of hydrogen-bond donors (Lipinski definition) is 1. The molecule has 0 fully saturated rings. The molecule has 25 heavy (non-hydrogen) atoms. The average Bonchev–Trinajstić information content (AvgIpc) is 3.19. The molecule has 0 radical (unpaired) electrons. The average molecular weight is 350 g/mol. The Balaban J connectivity index is 1.64. The molecular weight excluding hydrogens is 336 g/mol. The summed E-state index contributed by atoms with van der Waals surface area (Å²) < 4.78 is 31.0. The molecule has 6 heteroatoms. The number of para-hydroxylation sites is 2. The van der Waals surface area contributed by atoms with Crippen LogP contribution in [-0.4, -0.2) is 18.4 Å². The molecule has 0 saturated heterocycles. The summed E-state index contributed by atoms with van der Waals surface area (Å²) in [5.41, 5.74) is 3.77. The van der Waals surface area contributed by atoms with Gasteiger partial charge in [-0.25, -0.2) is 0 Å². The van der Waals surface area contributed by atoms with Gasteiger partial charge in [-0.15, -0.1) is 0 Å². The Bertz CT molecular complexity index is 1200. The van der Waals surface area contributed by atoms with Crippen LogP contribution in [0.15, 0.2) is 59.5 Å². The molecular formula is C19H14N2O3S. The molecule has 3 aromatic carbocycles. The normalized spacial score (nSPS) is 13.6. The van der Waals surface area contributed by atoms with E-state index in [2.05, 4.69) is 16.0 Å². The Morgan fingerprint density at radius 1 is 0.920 bits per heavy atom. The fraction of sp³-hybridized carbons (Fsp3) is 0.105. The summed E-state index contributed by atoms with van der Waals surface area (Å²) in [4.78, 5) is 7.26. The summed E-state index contributed by atoms with van der Waals surface area (Å²) in [6, 6.07) is 16.6. The van der Waals surface area contributed by atoms with Crippen LogP contribution in [0.2, 0.25) is 0 Å². The number of nitrogens with one attached hydrogen (secondary N) is 1. The lowest BCUT2D eigenvalue weighted by atomic mass is 10.1. The summed E-state index contributed by atoms with van der Waals surface area (Å²) in [6.45, 7) is 0. The standard InChI is InChI=1S/C19H14N2O3S/c22-25(23,24-19-20-15-6-1-2-7-16(15)21-19)17-11-10-13-9-8-12-4-3-5-14(17)18(12)13/h1-7,10-11H,8-9H2,(H,20,21). The third-order valence-electron chi connectivity index (χ3n) is 4.66. The fourth-order valence-electron chi connectivity index (χ4n) is 3.56. The molecule has 0 amide bonds. The lowest BCUT2D eigenvalue weighted by molar-refractivity contribution is 0.469. The van der Waals surface area contributed by atoms with E-state index < -0.39 is 10.1 Å². The molecule has 1 aliphatic carbocycles. The van der Waals surface area contributed by atoms with Crippen LogP contribution in [0.4, 0.5) is 0 Å². The van der Waals surface area contributed by atoms with Crippen molar-refractivity contribution in [2.75, 3.05) is 0 Å². The van der Waals surface area contributed by atoms with Crippen LogP contribution in [-0.2, 0) is 23.0 Å². The van der Waals surface area contributed by atoms with Gasteiger partial charge in [-0.3, -0.25) is 0 Å². The molecule has 5 nitrogen and oxygen atoms in total. The van der Waals surface area contributed by atoms with Crippen molar-refractivity contribution in [3.63, 3.8) is 0 Å². The van der Waals surface area contributed by atoms with Crippen molar-refractivity contribution in [3.8, 4) is 6.01 Å². The number of fused-ring (bicyclic) bond motifs is 1. The Hall–Kier alpha value is -2.86. The first-order valence-corrected chi connectivity index (χ1v) is 9.45. The van der Waals surface area contributed by atoms with E-state index in [-0.39, 0.29) is 10.9 Å². The molecule has 0 bridgehead atoms. The zero-order valence-corrected chi connectivity index (χ0v) is 14.0. The number of imidazole rings is 1. The van der Waals surface area contributed by atoms with Crippen molar-refractivity contribution >= 4 is 31.9 Å². The van der Waals surface area contributed by atoms with Gasteiger partial charge in [0.15, 0.2) is 0 Å². The zero-order chi connectivity index (χ0) is 17.0. The molecule has 124 valence electrons. The monoisotopic (exact) mass is 350 g/mol. The molecule has 0 atom stereocenters.